The maximum absolute atomic E-state index is 13.7. The van der Waals surface area contributed by atoms with Gasteiger partial charge in [-0.05, 0) is 28.1 Å². The first-order valence-corrected chi connectivity index (χ1v) is 5.43. The number of aromatic nitrogens is 2. The molecule has 0 atom stereocenters. The second kappa shape index (κ2) is 4.75. The molecule has 0 unspecified atom stereocenters. The Morgan fingerprint density at radius 2 is 2.00 bits per heavy atom. The van der Waals surface area contributed by atoms with E-state index in [0.717, 1.165) is 12.1 Å². The van der Waals surface area contributed by atoms with Crippen LogP contribution in [0, 0.1) is 11.6 Å². The number of halogens is 3. The van der Waals surface area contributed by atoms with Gasteiger partial charge in [-0.25, -0.2) is 18.7 Å². The minimum Gasteiger partial charge on any atom is -0.494 e. The van der Waals surface area contributed by atoms with Crippen molar-refractivity contribution < 1.29 is 13.5 Å². The summed E-state index contributed by atoms with van der Waals surface area (Å²) in [6.45, 7) is 0. The average Bonchev–Trinajstić information content (AvgIpc) is 2.31. The third kappa shape index (κ3) is 2.41. The Bertz CT molecular complexity index is 563. The number of nitrogens with zero attached hydrogens (tertiary/aromatic N) is 2. The van der Waals surface area contributed by atoms with E-state index in [4.69, 9.17) is 0 Å². The molecular formula is C11H7BrF2N2O. The molecule has 0 aliphatic heterocycles. The Labute approximate surface area is 105 Å². The van der Waals surface area contributed by atoms with Gasteiger partial charge in [0.2, 0.25) is 0 Å². The summed E-state index contributed by atoms with van der Waals surface area (Å²) in [7, 11) is 1.28. The first-order valence-electron chi connectivity index (χ1n) is 4.64. The van der Waals surface area contributed by atoms with Gasteiger partial charge >= 0.3 is 0 Å². The fourth-order valence-electron chi connectivity index (χ4n) is 1.37. The number of methoxy groups -OCH3 is 1. The Kier molecular flexibility index (Phi) is 3.33. The van der Waals surface area contributed by atoms with E-state index in [1.807, 2.05) is 0 Å². The van der Waals surface area contributed by atoms with Crippen LogP contribution in [0.5, 0.6) is 5.75 Å². The van der Waals surface area contributed by atoms with Gasteiger partial charge in [-0.2, -0.15) is 0 Å². The number of hydrogen-bond acceptors (Lipinski definition) is 3. The first kappa shape index (κ1) is 11.9. The summed E-state index contributed by atoms with van der Waals surface area (Å²) in [6.07, 6.45) is 1.45. The van der Waals surface area contributed by atoms with E-state index < -0.39 is 11.6 Å². The van der Waals surface area contributed by atoms with Crippen LogP contribution in [0.4, 0.5) is 8.78 Å². The molecule has 17 heavy (non-hydrogen) atoms. The Morgan fingerprint density at radius 1 is 1.24 bits per heavy atom. The van der Waals surface area contributed by atoms with Crippen LogP contribution in [-0.2, 0) is 0 Å². The van der Waals surface area contributed by atoms with E-state index >= 15 is 0 Å². The zero-order chi connectivity index (χ0) is 12.4. The van der Waals surface area contributed by atoms with Gasteiger partial charge in [0.05, 0.1) is 12.8 Å². The lowest BCUT2D eigenvalue weighted by Crippen LogP contribution is -1.95. The van der Waals surface area contributed by atoms with E-state index in [1.54, 1.807) is 0 Å². The highest BCUT2D eigenvalue weighted by Gasteiger charge is 2.13. The van der Waals surface area contributed by atoms with E-state index in [0.29, 0.717) is 10.4 Å². The van der Waals surface area contributed by atoms with Gasteiger partial charge in [-0.15, -0.1) is 0 Å². The molecule has 0 fully saturated rings. The molecule has 0 aliphatic carbocycles. The number of ether oxygens (including phenoxy) is 1. The molecule has 3 nitrogen and oxygen atoms in total. The van der Waals surface area contributed by atoms with Gasteiger partial charge in [0.25, 0.3) is 0 Å². The molecule has 1 heterocycles. The van der Waals surface area contributed by atoms with E-state index in [2.05, 4.69) is 30.6 Å². The van der Waals surface area contributed by atoms with Crippen LogP contribution in [0.25, 0.3) is 11.3 Å². The second-order valence-electron chi connectivity index (χ2n) is 3.18. The molecule has 88 valence electrons. The third-order valence-corrected chi connectivity index (χ3v) is 2.53. The molecule has 0 saturated carbocycles. The first-order chi connectivity index (χ1) is 8.11. The van der Waals surface area contributed by atoms with Crippen molar-refractivity contribution in [2.45, 2.75) is 0 Å². The highest BCUT2D eigenvalue weighted by Crippen LogP contribution is 2.27. The van der Waals surface area contributed by atoms with Crippen LogP contribution in [0.2, 0.25) is 0 Å². The van der Waals surface area contributed by atoms with Gasteiger partial charge in [0.15, 0.2) is 16.3 Å². The lowest BCUT2D eigenvalue weighted by Gasteiger charge is -2.06. The molecule has 1 aromatic carbocycles. The number of rotatable bonds is 2. The molecule has 6 heteroatoms. The van der Waals surface area contributed by atoms with Gasteiger partial charge in [0.1, 0.15) is 5.82 Å². The number of benzene rings is 1. The molecule has 2 aromatic rings. The Hall–Kier alpha value is -1.56. The van der Waals surface area contributed by atoms with Crippen molar-refractivity contribution in [3.63, 3.8) is 0 Å². The smallest absolute Gasteiger partial charge is 0.197 e. The van der Waals surface area contributed by atoms with Crippen molar-refractivity contribution in [2.24, 2.45) is 0 Å². The average molecular weight is 301 g/mol. The minimum absolute atomic E-state index is 0.0615. The molecule has 0 N–H and O–H groups in total. The molecular weight excluding hydrogens is 294 g/mol. The van der Waals surface area contributed by atoms with Gasteiger partial charge < -0.3 is 4.74 Å². The summed E-state index contributed by atoms with van der Waals surface area (Å²) in [5.74, 6) is -1.38. The topological polar surface area (TPSA) is 35.0 Å². The zero-order valence-electron chi connectivity index (χ0n) is 8.75. The van der Waals surface area contributed by atoms with E-state index in [9.17, 15) is 8.78 Å². The monoisotopic (exact) mass is 300 g/mol. The molecule has 0 aliphatic rings. The fourth-order valence-corrected chi connectivity index (χ4v) is 1.68. The van der Waals surface area contributed by atoms with E-state index in [-0.39, 0.29) is 11.3 Å². The van der Waals surface area contributed by atoms with Crippen LogP contribution in [0.1, 0.15) is 0 Å². The van der Waals surface area contributed by atoms with Crippen molar-refractivity contribution in [1.82, 2.24) is 9.97 Å². The highest BCUT2D eigenvalue weighted by atomic mass is 79.9. The molecule has 0 bridgehead atoms. The van der Waals surface area contributed by atoms with Crippen LogP contribution >= 0.6 is 15.9 Å². The summed E-state index contributed by atoms with van der Waals surface area (Å²) in [5.41, 5.74) is 0.359. The van der Waals surface area contributed by atoms with E-state index in [1.165, 1.54) is 19.4 Å². The van der Waals surface area contributed by atoms with Crippen molar-refractivity contribution in [3.05, 3.63) is 40.8 Å². The zero-order valence-corrected chi connectivity index (χ0v) is 10.3. The SMILES string of the molecule is COc1cc(F)c(-c2ccnc(Br)n2)cc1F. The Morgan fingerprint density at radius 3 is 2.65 bits per heavy atom. The molecule has 0 amide bonds. The van der Waals surface area contributed by atoms with Crippen molar-refractivity contribution in [1.29, 1.82) is 0 Å². The largest absolute Gasteiger partial charge is 0.494 e. The normalized spacial score (nSPS) is 10.4. The van der Waals surface area contributed by atoms with Crippen LogP contribution in [-0.4, -0.2) is 17.1 Å². The third-order valence-electron chi connectivity index (χ3n) is 2.14. The van der Waals surface area contributed by atoms with Crippen LogP contribution in [0.3, 0.4) is 0 Å². The summed E-state index contributed by atoms with van der Waals surface area (Å²) in [6, 6.07) is 3.53. The lowest BCUT2D eigenvalue weighted by molar-refractivity contribution is 0.383. The van der Waals surface area contributed by atoms with Gasteiger partial charge in [-0.1, -0.05) is 0 Å². The molecule has 0 saturated heterocycles. The van der Waals surface area contributed by atoms with Crippen LogP contribution < -0.4 is 4.74 Å². The predicted octanol–water partition coefficient (Wildman–Crippen LogP) is 3.19. The molecule has 0 spiro atoms. The quantitative estimate of drug-likeness (QED) is 0.799. The minimum atomic E-state index is -0.640. The highest BCUT2D eigenvalue weighted by molar-refractivity contribution is 9.10. The van der Waals surface area contributed by atoms with Crippen molar-refractivity contribution in [2.75, 3.05) is 7.11 Å². The number of hydrogen-bond donors (Lipinski definition) is 0. The summed E-state index contributed by atoms with van der Waals surface area (Å²) < 4.78 is 32.2. The van der Waals surface area contributed by atoms with Gasteiger partial charge in [0, 0.05) is 17.8 Å². The predicted molar refractivity (Wildman–Crippen MR) is 61.6 cm³/mol. The molecule has 1 aromatic heterocycles. The van der Waals surface area contributed by atoms with Crippen molar-refractivity contribution in [3.8, 4) is 17.0 Å². The molecule has 0 radical (unpaired) electrons. The summed E-state index contributed by atoms with van der Waals surface area (Å²) >= 11 is 3.07. The maximum atomic E-state index is 13.7. The molecule has 2 rings (SSSR count). The summed E-state index contributed by atoms with van der Waals surface area (Å²) in [5, 5.41) is 0. The lowest BCUT2D eigenvalue weighted by atomic mass is 10.1. The fraction of sp³-hybridized carbons (Fsp3) is 0.0909. The second-order valence-corrected chi connectivity index (χ2v) is 3.89. The standard InChI is InChI=1S/C11H7BrF2N2O/c1-17-10-5-7(13)6(4-8(10)14)9-2-3-15-11(12)16-9/h2-5H,1H3. The van der Waals surface area contributed by atoms with Crippen LogP contribution in [0.15, 0.2) is 29.1 Å². The maximum Gasteiger partial charge on any atom is 0.197 e. The van der Waals surface area contributed by atoms with Gasteiger partial charge in [-0.3, -0.25) is 0 Å². The van der Waals surface area contributed by atoms with Crippen molar-refractivity contribution >= 4 is 15.9 Å². The summed E-state index contributed by atoms with van der Waals surface area (Å²) in [4.78, 5) is 7.77. The Balaban J connectivity index is 2.56.